The quantitative estimate of drug-likeness (QED) is 0.594. The summed E-state index contributed by atoms with van der Waals surface area (Å²) in [6.45, 7) is 1.87. The standard InChI is InChI=1S/C4H8O2.2CH3.Sn/c5-3-1-2-4-6;;;/h1-4H2;2*1H3;/q-2;;;+2. The van der Waals surface area contributed by atoms with Crippen molar-refractivity contribution >= 4 is 19.2 Å². The molecule has 2 nitrogen and oxygen atoms in total. The summed E-state index contributed by atoms with van der Waals surface area (Å²) in [4.78, 5) is 4.33. The average molecular weight is 237 g/mol. The van der Waals surface area contributed by atoms with Crippen LogP contribution in [-0.2, 0) is 6.15 Å². The average Bonchev–Trinajstić information content (AvgIpc) is 1.92. The summed E-state index contributed by atoms with van der Waals surface area (Å²) >= 11 is -2.31. The Morgan fingerprint density at radius 2 is 1.44 bits per heavy atom. The summed E-state index contributed by atoms with van der Waals surface area (Å²) in [6.07, 6.45) is 2.36. The Morgan fingerprint density at radius 1 is 1.00 bits per heavy atom. The van der Waals surface area contributed by atoms with Gasteiger partial charge in [-0.2, -0.15) is 0 Å². The summed E-state index contributed by atoms with van der Waals surface area (Å²) in [5.41, 5.74) is 0. The van der Waals surface area contributed by atoms with Gasteiger partial charge in [0, 0.05) is 0 Å². The Balaban J connectivity index is 2.36. The summed E-state index contributed by atoms with van der Waals surface area (Å²) in [7, 11) is 0. The van der Waals surface area contributed by atoms with E-state index in [1.54, 1.807) is 0 Å². The minimum absolute atomic E-state index is 0.934. The second-order valence-corrected chi connectivity index (χ2v) is 12.4. The van der Waals surface area contributed by atoms with Crippen molar-refractivity contribution in [3.05, 3.63) is 0 Å². The third-order valence-corrected chi connectivity index (χ3v) is 6.57. The zero-order chi connectivity index (χ0) is 6.74. The fraction of sp³-hybridized carbons (Fsp3) is 1.00. The van der Waals surface area contributed by atoms with E-state index in [1.165, 1.54) is 12.8 Å². The van der Waals surface area contributed by atoms with Crippen molar-refractivity contribution < 1.29 is 6.15 Å². The van der Waals surface area contributed by atoms with Gasteiger partial charge in [-0.05, 0) is 0 Å². The first-order valence-electron chi connectivity index (χ1n) is 3.49. The van der Waals surface area contributed by atoms with E-state index >= 15 is 0 Å². The SMILES string of the molecule is [CH3][Sn]1([CH3])[O]CCCC[O]1. The molecule has 1 aliphatic rings. The number of rotatable bonds is 0. The van der Waals surface area contributed by atoms with E-state index in [1.807, 2.05) is 0 Å². The molecule has 0 unspecified atom stereocenters. The van der Waals surface area contributed by atoms with E-state index in [0.29, 0.717) is 0 Å². The molecule has 0 aromatic carbocycles. The van der Waals surface area contributed by atoms with Crippen LogP contribution in [0.3, 0.4) is 0 Å². The van der Waals surface area contributed by atoms with Crippen LogP contribution in [0.25, 0.3) is 0 Å². The van der Waals surface area contributed by atoms with Gasteiger partial charge in [0.25, 0.3) is 0 Å². The van der Waals surface area contributed by atoms with Gasteiger partial charge >= 0.3 is 61.3 Å². The van der Waals surface area contributed by atoms with Crippen molar-refractivity contribution in [2.24, 2.45) is 0 Å². The first-order chi connectivity index (χ1) is 4.21. The second-order valence-electron chi connectivity index (χ2n) is 2.80. The van der Waals surface area contributed by atoms with Crippen molar-refractivity contribution in [3.63, 3.8) is 0 Å². The van der Waals surface area contributed by atoms with Crippen molar-refractivity contribution in [1.82, 2.24) is 0 Å². The molecule has 0 amide bonds. The van der Waals surface area contributed by atoms with Crippen LogP contribution < -0.4 is 0 Å². The predicted molar refractivity (Wildman–Crippen MR) is 38.6 cm³/mol. The Morgan fingerprint density at radius 3 is 1.89 bits per heavy atom. The molecule has 0 aromatic rings. The number of hydrogen-bond donors (Lipinski definition) is 0. The maximum absolute atomic E-state index is 5.58. The van der Waals surface area contributed by atoms with Gasteiger partial charge in [-0.15, -0.1) is 0 Å². The molecule has 1 fully saturated rings. The van der Waals surface area contributed by atoms with Crippen LogP contribution in [0.5, 0.6) is 0 Å². The molecule has 1 heterocycles. The normalized spacial score (nSPS) is 27.3. The first-order valence-corrected chi connectivity index (χ1v) is 11.5. The topological polar surface area (TPSA) is 18.5 Å². The van der Waals surface area contributed by atoms with Crippen molar-refractivity contribution in [2.75, 3.05) is 13.2 Å². The Bertz CT molecular complexity index is 83.1. The third kappa shape index (κ3) is 2.87. The summed E-state index contributed by atoms with van der Waals surface area (Å²) in [5.74, 6) is 0. The Hall–Kier alpha value is 0.719. The van der Waals surface area contributed by atoms with Gasteiger partial charge in [-0.3, -0.25) is 0 Å². The zero-order valence-electron chi connectivity index (χ0n) is 6.14. The molecule has 1 rings (SSSR count). The predicted octanol–water partition coefficient (Wildman–Crippen LogP) is 1.52. The van der Waals surface area contributed by atoms with Crippen LogP contribution in [-0.4, -0.2) is 32.4 Å². The van der Waals surface area contributed by atoms with Gasteiger partial charge in [-0.25, -0.2) is 0 Å². The van der Waals surface area contributed by atoms with Crippen molar-refractivity contribution in [2.45, 2.75) is 22.7 Å². The van der Waals surface area contributed by atoms with Gasteiger partial charge in [0.15, 0.2) is 0 Å². The van der Waals surface area contributed by atoms with Gasteiger partial charge in [0.1, 0.15) is 0 Å². The summed E-state index contributed by atoms with van der Waals surface area (Å²) < 4.78 is 11.2. The summed E-state index contributed by atoms with van der Waals surface area (Å²) in [6, 6.07) is 0. The van der Waals surface area contributed by atoms with Gasteiger partial charge in [0.2, 0.25) is 0 Å². The van der Waals surface area contributed by atoms with Crippen LogP contribution in [0.2, 0.25) is 9.88 Å². The molecule has 0 bridgehead atoms. The van der Waals surface area contributed by atoms with E-state index in [4.69, 9.17) is 6.15 Å². The van der Waals surface area contributed by atoms with Crippen LogP contribution >= 0.6 is 0 Å². The Labute approximate surface area is 61.5 Å². The van der Waals surface area contributed by atoms with Crippen LogP contribution in [0.15, 0.2) is 0 Å². The van der Waals surface area contributed by atoms with E-state index < -0.39 is 19.2 Å². The van der Waals surface area contributed by atoms with Crippen molar-refractivity contribution in [1.29, 1.82) is 0 Å². The molecule has 1 aliphatic heterocycles. The summed E-state index contributed by atoms with van der Waals surface area (Å²) in [5, 5.41) is 0. The molecule has 9 heavy (non-hydrogen) atoms. The van der Waals surface area contributed by atoms with E-state index in [0.717, 1.165) is 13.2 Å². The number of hydrogen-bond acceptors (Lipinski definition) is 2. The fourth-order valence-corrected chi connectivity index (χ4v) is 4.75. The molecular formula is C6H14O2Sn. The molecule has 0 aliphatic carbocycles. The zero-order valence-corrected chi connectivity index (χ0v) is 9.00. The molecule has 0 saturated carbocycles. The molecule has 0 atom stereocenters. The van der Waals surface area contributed by atoms with Crippen LogP contribution in [0.1, 0.15) is 12.8 Å². The Kier molecular flexibility index (Phi) is 2.79. The molecular weight excluding hydrogens is 223 g/mol. The molecule has 1 saturated heterocycles. The van der Waals surface area contributed by atoms with E-state index in [2.05, 4.69) is 9.88 Å². The van der Waals surface area contributed by atoms with Crippen LogP contribution in [0.4, 0.5) is 0 Å². The first kappa shape index (κ1) is 7.82. The molecule has 0 aromatic heterocycles. The molecule has 54 valence electrons. The van der Waals surface area contributed by atoms with E-state index in [9.17, 15) is 0 Å². The van der Waals surface area contributed by atoms with Crippen molar-refractivity contribution in [3.8, 4) is 0 Å². The van der Waals surface area contributed by atoms with Crippen LogP contribution in [0, 0.1) is 0 Å². The van der Waals surface area contributed by atoms with Gasteiger partial charge in [-0.1, -0.05) is 0 Å². The molecule has 0 radical (unpaired) electrons. The fourth-order valence-electron chi connectivity index (χ4n) is 0.882. The monoisotopic (exact) mass is 238 g/mol. The van der Waals surface area contributed by atoms with E-state index in [-0.39, 0.29) is 0 Å². The second kappa shape index (κ2) is 3.21. The molecule has 0 spiro atoms. The van der Waals surface area contributed by atoms with Gasteiger partial charge < -0.3 is 0 Å². The van der Waals surface area contributed by atoms with Gasteiger partial charge in [0.05, 0.1) is 0 Å². The maximum atomic E-state index is 5.58. The molecule has 0 N–H and O–H groups in total. The molecule has 3 heteroatoms. The third-order valence-electron chi connectivity index (χ3n) is 1.44. The minimum atomic E-state index is -2.31.